The molecule has 4 nitrogen and oxygen atoms in total. The summed E-state index contributed by atoms with van der Waals surface area (Å²) in [6.07, 6.45) is 6.13. The van der Waals surface area contributed by atoms with E-state index < -0.39 is 0 Å². The van der Waals surface area contributed by atoms with E-state index >= 15 is 0 Å². The van der Waals surface area contributed by atoms with E-state index in [0.717, 1.165) is 44.7 Å². The molecule has 3 aliphatic rings. The summed E-state index contributed by atoms with van der Waals surface area (Å²) in [6.45, 7) is 5.85. The van der Waals surface area contributed by atoms with Crippen LogP contribution in [-0.4, -0.2) is 54.2 Å². The fourth-order valence-corrected chi connectivity index (χ4v) is 3.56. The van der Waals surface area contributed by atoms with Crippen LogP contribution in [0.15, 0.2) is 0 Å². The molecule has 3 fully saturated rings. The predicted octanol–water partition coefficient (Wildman–Crippen LogP) is 1.76. The van der Waals surface area contributed by atoms with Gasteiger partial charge in [-0.05, 0) is 38.1 Å². The van der Waals surface area contributed by atoms with Crippen molar-refractivity contribution in [2.75, 3.05) is 26.3 Å². The molecular weight excluding hydrogens is 242 g/mol. The van der Waals surface area contributed by atoms with Crippen LogP contribution < -0.4 is 0 Å². The van der Waals surface area contributed by atoms with E-state index in [1.54, 1.807) is 0 Å². The Labute approximate surface area is 116 Å². The van der Waals surface area contributed by atoms with Gasteiger partial charge in [-0.25, -0.2) is 0 Å². The molecule has 0 bridgehead atoms. The third-order valence-electron chi connectivity index (χ3n) is 4.77. The van der Waals surface area contributed by atoms with Gasteiger partial charge in [0.25, 0.3) is 0 Å². The number of nitrogens with zero attached hydrogens (tertiary/aromatic N) is 1. The Morgan fingerprint density at radius 2 is 1.95 bits per heavy atom. The highest BCUT2D eigenvalue weighted by molar-refractivity contribution is 4.94. The van der Waals surface area contributed by atoms with E-state index in [1.807, 2.05) is 0 Å². The molecule has 0 aromatic heterocycles. The fourth-order valence-electron chi connectivity index (χ4n) is 3.56. The van der Waals surface area contributed by atoms with Crippen molar-refractivity contribution < 1.29 is 14.6 Å². The first-order valence-corrected chi connectivity index (χ1v) is 7.92. The molecule has 4 heteroatoms. The highest BCUT2D eigenvalue weighted by atomic mass is 16.7. The van der Waals surface area contributed by atoms with E-state index in [4.69, 9.17) is 9.47 Å². The molecule has 1 spiro atoms. The van der Waals surface area contributed by atoms with Crippen molar-refractivity contribution in [2.24, 2.45) is 5.92 Å². The van der Waals surface area contributed by atoms with Crippen LogP contribution >= 0.6 is 0 Å². The zero-order valence-electron chi connectivity index (χ0n) is 12.0. The molecule has 2 saturated carbocycles. The summed E-state index contributed by atoms with van der Waals surface area (Å²) >= 11 is 0. The zero-order valence-corrected chi connectivity index (χ0v) is 12.0. The second-order valence-electron chi connectivity index (χ2n) is 6.42. The summed E-state index contributed by atoms with van der Waals surface area (Å²) in [4.78, 5) is 2.49. The molecule has 1 heterocycles. The number of hydrogen-bond acceptors (Lipinski definition) is 4. The first kappa shape index (κ1) is 13.8. The van der Waals surface area contributed by atoms with Crippen LogP contribution in [0.25, 0.3) is 0 Å². The van der Waals surface area contributed by atoms with Gasteiger partial charge in [0.05, 0.1) is 19.3 Å². The first-order chi connectivity index (χ1) is 9.22. The van der Waals surface area contributed by atoms with Crippen molar-refractivity contribution in [3.63, 3.8) is 0 Å². The summed E-state index contributed by atoms with van der Waals surface area (Å²) in [5.41, 5.74) is 0. The van der Waals surface area contributed by atoms with Gasteiger partial charge < -0.3 is 14.6 Å². The molecule has 0 aromatic carbocycles. The highest BCUT2D eigenvalue weighted by Gasteiger charge is 2.46. The van der Waals surface area contributed by atoms with Crippen LogP contribution in [0.4, 0.5) is 0 Å². The molecule has 3 rings (SSSR count). The van der Waals surface area contributed by atoms with E-state index in [-0.39, 0.29) is 17.9 Å². The van der Waals surface area contributed by atoms with E-state index in [0.29, 0.717) is 13.2 Å². The second kappa shape index (κ2) is 5.68. The number of hydrogen-bond donors (Lipinski definition) is 1. The maximum Gasteiger partial charge on any atom is 0.170 e. The van der Waals surface area contributed by atoms with Gasteiger partial charge in [-0.15, -0.1) is 0 Å². The average molecular weight is 269 g/mol. The van der Waals surface area contributed by atoms with Gasteiger partial charge in [0.15, 0.2) is 5.79 Å². The third kappa shape index (κ3) is 3.13. The summed E-state index contributed by atoms with van der Waals surface area (Å²) in [5.74, 6) is 0.474. The molecule has 110 valence electrons. The number of aliphatic hydroxyl groups is 1. The lowest BCUT2D eigenvalue weighted by Gasteiger charge is -2.44. The number of ether oxygens (including phenoxy) is 2. The summed E-state index contributed by atoms with van der Waals surface area (Å²) < 4.78 is 11.7. The van der Waals surface area contributed by atoms with E-state index in [1.165, 1.54) is 12.8 Å². The smallest absolute Gasteiger partial charge is 0.170 e. The van der Waals surface area contributed by atoms with Gasteiger partial charge in [0.1, 0.15) is 0 Å². The Morgan fingerprint density at radius 1 is 1.21 bits per heavy atom. The largest absolute Gasteiger partial charge is 0.391 e. The minimum Gasteiger partial charge on any atom is -0.391 e. The Balaban J connectivity index is 1.67. The average Bonchev–Trinajstić information content (AvgIpc) is 3.11. The quantitative estimate of drug-likeness (QED) is 0.826. The predicted molar refractivity (Wildman–Crippen MR) is 72.9 cm³/mol. The lowest BCUT2D eigenvalue weighted by atomic mass is 9.86. The van der Waals surface area contributed by atoms with Crippen molar-refractivity contribution in [1.29, 1.82) is 0 Å². The second-order valence-corrected chi connectivity index (χ2v) is 6.42. The standard InChI is InChI=1S/C15H27NO3/c1-2-7-16(11-12-3-4-12)13-10-15(6-5-14(13)17)18-8-9-19-15/h12-14,17H,2-11H2,1H3. The topological polar surface area (TPSA) is 41.9 Å². The normalized spacial score (nSPS) is 34.3. The van der Waals surface area contributed by atoms with Gasteiger partial charge in [0.2, 0.25) is 0 Å². The van der Waals surface area contributed by atoms with Gasteiger partial charge in [-0.1, -0.05) is 6.92 Å². The summed E-state index contributed by atoms with van der Waals surface area (Å²) in [7, 11) is 0. The Kier molecular flexibility index (Phi) is 4.13. The van der Waals surface area contributed by atoms with Gasteiger partial charge >= 0.3 is 0 Å². The maximum absolute atomic E-state index is 10.4. The highest BCUT2D eigenvalue weighted by Crippen LogP contribution is 2.39. The summed E-state index contributed by atoms with van der Waals surface area (Å²) in [5, 5.41) is 10.4. The number of aliphatic hydroxyl groups excluding tert-OH is 1. The molecule has 0 aromatic rings. The molecule has 0 amide bonds. The van der Waals surface area contributed by atoms with E-state index in [9.17, 15) is 5.11 Å². The van der Waals surface area contributed by atoms with E-state index in [2.05, 4.69) is 11.8 Å². The van der Waals surface area contributed by atoms with Crippen LogP contribution in [0.1, 0.15) is 45.4 Å². The van der Waals surface area contributed by atoms with Crippen molar-refractivity contribution in [3.05, 3.63) is 0 Å². The minimum absolute atomic E-state index is 0.215. The third-order valence-corrected chi connectivity index (χ3v) is 4.77. The Morgan fingerprint density at radius 3 is 2.58 bits per heavy atom. The molecule has 2 aliphatic carbocycles. The van der Waals surface area contributed by atoms with Gasteiger partial charge in [-0.2, -0.15) is 0 Å². The van der Waals surface area contributed by atoms with Crippen molar-refractivity contribution >= 4 is 0 Å². The van der Waals surface area contributed by atoms with Gasteiger partial charge in [0, 0.05) is 25.4 Å². The zero-order chi connectivity index (χ0) is 13.3. The fraction of sp³-hybridized carbons (Fsp3) is 1.00. The van der Waals surface area contributed by atoms with Crippen molar-refractivity contribution in [2.45, 2.75) is 63.4 Å². The molecule has 2 atom stereocenters. The van der Waals surface area contributed by atoms with Crippen molar-refractivity contribution in [1.82, 2.24) is 4.90 Å². The van der Waals surface area contributed by atoms with Crippen LogP contribution in [0.5, 0.6) is 0 Å². The lowest BCUT2D eigenvalue weighted by Crippen LogP contribution is -2.54. The van der Waals surface area contributed by atoms with Gasteiger partial charge in [-0.3, -0.25) is 4.90 Å². The molecule has 1 saturated heterocycles. The first-order valence-electron chi connectivity index (χ1n) is 7.92. The van der Waals surface area contributed by atoms with Crippen LogP contribution in [0, 0.1) is 5.92 Å². The van der Waals surface area contributed by atoms with Crippen molar-refractivity contribution in [3.8, 4) is 0 Å². The molecular formula is C15H27NO3. The van der Waals surface area contributed by atoms with Crippen LogP contribution in [0.3, 0.4) is 0 Å². The molecule has 19 heavy (non-hydrogen) atoms. The van der Waals surface area contributed by atoms with Crippen LogP contribution in [-0.2, 0) is 9.47 Å². The molecule has 2 unspecified atom stereocenters. The molecule has 1 aliphatic heterocycles. The molecule has 1 N–H and O–H groups in total. The minimum atomic E-state index is -0.389. The number of rotatable bonds is 5. The van der Waals surface area contributed by atoms with Crippen LogP contribution in [0.2, 0.25) is 0 Å². The SMILES string of the molecule is CCCN(CC1CC1)C1CC2(CCC1O)OCCO2. The monoisotopic (exact) mass is 269 g/mol. The Hall–Kier alpha value is -0.160. The summed E-state index contributed by atoms with van der Waals surface area (Å²) in [6, 6.07) is 0.215. The Bertz CT molecular complexity index is 300. The maximum atomic E-state index is 10.4. The molecule has 0 radical (unpaired) electrons. The lowest BCUT2D eigenvalue weighted by molar-refractivity contribution is -0.205.